The molecule has 256 valence electrons. The van der Waals surface area contributed by atoms with Crippen LogP contribution < -0.4 is 0 Å². The molecule has 1 saturated heterocycles. The molecule has 2 aliphatic heterocycles. The number of esters is 4. The predicted molar refractivity (Wildman–Crippen MR) is 163 cm³/mol. The van der Waals surface area contributed by atoms with E-state index in [0.717, 1.165) is 32.1 Å². The van der Waals surface area contributed by atoms with Crippen molar-refractivity contribution >= 4 is 48.5 Å². The number of carbonyl (C=O) groups is 4. The first-order chi connectivity index (χ1) is 21.3. The summed E-state index contributed by atoms with van der Waals surface area (Å²) in [7, 11) is -2.38. The van der Waals surface area contributed by atoms with Crippen LogP contribution in [0.15, 0.2) is 24.0 Å². The third kappa shape index (κ3) is 9.81. The Labute approximate surface area is 271 Å². The van der Waals surface area contributed by atoms with Crippen molar-refractivity contribution in [2.75, 3.05) is 6.61 Å². The van der Waals surface area contributed by atoms with Crippen molar-refractivity contribution < 1.29 is 61.7 Å². The number of hydrogen-bond acceptors (Lipinski definition) is 15. The van der Waals surface area contributed by atoms with Gasteiger partial charge in [-0.15, -0.1) is 0 Å². The Morgan fingerprint density at radius 3 is 2.04 bits per heavy atom. The molecule has 1 aromatic heterocycles. The second-order valence-corrected chi connectivity index (χ2v) is 18.1. The first kappa shape index (κ1) is 37.1. The van der Waals surface area contributed by atoms with Crippen LogP contribution in [0.3, 0.4) is 0 Å². The molecule has 0 amide bonds. The highest BCUT2D eigenvalue weighted by Crippen LogP contribution is 2.43. The first-order valence-corrected chi connectivity index (χ1v) is 18.2. The quantitative estimate of drug-likeness (QED) is 0.104. The summed E-state index contributed by atoms with van der Waals surface area (Å²) in [4.78, 5) is 59.6. The van der Waals surface area contributed by atoms with E-state index >= 15 is 0 Å². The van der Waals surface area contributed by atoms with Crippen molar-refractivity contribution in [3.8, 4) is 0 Å². The van der Waals surface area contributed by atoms with Crippen LogP contribution in [0.1, 0.15) is 65.9 Å². The maximum Gasteiger partial charge on any atom is 0.324 e. The average molecular weight is 688 g/mol. The van der Waals surface area contributed by atoms with Crippen molar-refractivity contribution in [1.29, 1.82) is 0 Å². The van der Waals surface area contributed by atoms with Gasteiger partial charge in [-0.2, -0.15) is 0 Å². The van der Waals surface area contributed by atoms with Gasteiger partial charge in [0.2, 0.25) is 14.6 Å². The number of nitrogens with zero attached hydrogens (tertiary/aromatic N) is 1. The Morgan fingerprint density at radius 2 is 1.52 bits per heavy atom. The number of carbonyl (C=O) groups excluding carboxylic acids is 4. The molecule has 0 aromatic carbocycles. The van der Waals surface area contributed by atoms with E-state index in [1.165, 1.54) is 13.0 Å². The van der Waals surface area contributed by atoms with Crippen molar-refractivity contribution in [2.45, 2.75) is 116 Å². The van der Waals surface area contributed by atoms with Crippen molar-refractivity contribution in [3.05, 3.63) is 39.0 Å². The molecule has 15 nitrogen and oxygen atoms in total. The lowest BCUT2D eigenvalue weighted by Gasteiger charge is -2.45. The predicted octanol–water partition coefficient (Wildman–Crippen LogP) is 4.45. The number of nitro groups is 1. The van der Waals surface area contributed by atoms with Gasteiger partial charge in [0.1, 0.15) is 18.8 Å². The third-order valence-electron chi connectivity index (χ3n) is 7.53. The molecule has 1 aromatic rings. The topological polar surface area (TPSA) is 185 Å². The van der Waals surface area contributed by atoms with Gasteiger partial charge in [0.25, 0.3) is 0 Å². The summed E-state index contributed by atoms with van der Waals surface area (Å²) >= 11 is 0.947. The summed E-state index contributed by atoms with van der Waals surface area (Å²) in [6.07, 6.45) is -7.09. The Morgan fingerprint density at radius 1 is 0.935 bits per heavy atom. The van der Waals surface area contributed by atoms with Crippen LogP contribution in [0.5, 0.6) is 0 Å². The zero-order valence-corrected chi connectivity index (χ0v) is 29.1. The Bertz CT molecular complexity index is 1340. The fraction of sp³-hybridized carbons (Fsp3) is 0.655. The van der Waals surface area contributed by atoms with E-state index in [1.54, 1.807) is 12.1 Å². The Kier molecular flexibility index (Phi) is 12.1. The summed E-state index contributed by atoms with van der Waals surface area (Å²) in [5, 5.41) is 11.2. The van der Waals surface area contributed by atoms with E-state index in [-0.39, 0.29) is 16.5 Å². The van der Waals surface area contributed by atoms with Crippen molar-refractivity contribution in [1.82, 2.24) is 0 Å². The summed E-state index contributed by atoms with van der Waals surface area (Å²) < 4.78 is 46.6. The lowest BCUT2D eigenvalue weighted by Crippen LogP contribution is -2.63. The van der Waals surface area contributed by atoms with E-state index in [0.29, 0.717) is 10.6 Å². The van der Waals surface area contributed by atoms with Gasteiger partial charge >= 0.3 is 28.9 Å². The maximum atomic E-state index is 12.2. The molecule has 0 N–H and O–H groups in total. The second kappa shape index (κ2) is 15.0. The Balaban J connectivity index is 2.05. The van der Waals surface area contributed by atoms with Crippen LogP contribution >= 0.6 is 11.3 Å². The molecule has 0 radical (unpaired) electrons. The molecule has 46 heavy (non-hydrogen) atoms. The third-order valence-corrected chi connectivity index (χ3v) is 13.0. The normalized spacial score (nSPS) is 26.7. The molecule has 1 fully saturated rings. The summed E-state index contributed by atoms with van der Waals surface area (Å²) in [5.41, 5.74) is 0. The maximum absolute atomic E-state index is 12.2. The molecule has 0 bridgehead atoms. The lowest BCUT2D eigenvalue weighted by molar-refractivity contribution is -0.380. The van der Waals surface area contributed by atoms with E-state index in [4.69, 9.17) is 37.6 Å². The van der Waals surface area contributed by atoms with Gasteiger partial charge in [0.05, 0.1) is 10.7 Å². The van der Waals surface area contributed by atoms with Crippen molar-refractivity contribution in [3.63, 3.8) is 0 Å². The first-order valence-electron chi connectivity index (χ1n) is 14.5. The summed E-state index contributed by atoms with van der Waals surface area (Å²) in [6, 6.07) is 2.97. The van der Waals surface area contributed by atoms with Crippen molar-refractivity contribution in [2.24, 2.45) is 0 Å². The standard InChI is InChI=1S/C29H41NO14SSi/c1-15(31)37-14-21-25(38-16(2)32)26(39-17(3)33)27(40-18(4)34)28(42-21)43-24-13-19(44-46(8,9)29(5,6)7)12-20(41-24)22-10-11-23(45-22)30(35)36/h10-11,13,20-21,24-28H,12,14H2,1-9H3/t20-,21+,24-,25+,26-,27+,28-/m0/s1. The van der Waals surface area contributed by atoms with E-state index < -0.39 is 86.8 Å². The van der Waals surface area contributed by atoms with Gasteiger partial charge in [-0.1, -0.05) is 32.1 Å². The second-order valence-electron chi connectivity index (χ2n) is 12.3. The molecular weight excluding hydrogens is 646 g/mol. The molecule has 17 heteroatoms. The summed E-state index contributed by atoms with van der Waals surface area (Å²) in [6.45, 7) is 14.4. The van der Waals surface area contributed by atoms with E-state index in [2.05, 4.69) is 33.9 Å². The molecule has 0 saturated carbocycles. The molecule has 0 unspecified atom stereocenters. The minimum atomic E-state index is -2.38. The van der Waals surface area contributed by atoms with Crippen LogP contribution in [0.4, 0.5) is 5.00 Å². The number of rotatable bonds is 11. The van der Waals surface area contributed by atoms with Gasteiger partial charge in [0.15, 0.2) is 24.6 Å². The Hall–Kier alpha value is -3.38. The highest BCUT2D eigenvalue weighted by Gasteiger charge is 2.53. The van der Waals surface area contributed by atoms with Gasteiger partial charge in [-0.25, -0.2) is 0 Å². The highest BCUT2D eigenvalue weighted by molar-refractivity contribution is 7.15. The number of hydrogen-bond donors (Lipinski definition) is 0. The highest BCUT2D eigenvalue weighted by atomic mass is 32.1. The van der Waals surface area contributed by atoms with Crippen LogP contribution in [-0.4, -0.2) is 80.7 Å². The number of ether oxygens (including phenoxy) is 7. The van der Waals surface area contributed by atoms with Gasteiger partial charge < -0.3 is 37.6 Å². The minimum absolute atomic E-state index is 0.0722. The fourth-order valence-corrected chi connectivity index (χ4v) is 6.46. The fourth-order valence-electron chi connectivity index (χ4n) is 4.49. The number of thiophene rings is 1. The SMILES string of the molecule is CC(=O)OC[C@H]1O[C@@H](O[C@H]2C=C(O[Si](C)(C)C(C)(C)C)C[C@@H](c3ccc([N+](=O)[O-])s3)O2)[C@H](OC(C)=O)[C@@H](OC(C)=O)[C@@H]1OC(C)=O. The smallest absolute Gasteiger partial charge is 0.324 e. The molecule has 3 heterocycles. The molecule has 2 aliphatic rings. The molecule has 0 spiro atoms. The minimum Gasteiger partial charge on any atom is -0.546 e. The van der Waals surface area contributed by atoms with Crippen LogP contribution in [-0.2, 0) is 56.8 Å². The van der Waals surface area contributed by atoms with Gasteiger partial charge in [-0.05, 0) is 24.2 Å². The zero-order chi connectivity index (χ0) is 34.6. The van der Waals surface area contributed by atoms with Crippen LogP contribution in [0.2, 0.25) is 18.1 Å². The molecular formula is C29H41NO14SSi. The van der Waals surface area contributed by atoms with Gasteiger partial charge in [0, 0.05) is 51.1 Å². The molecule has 0 aliphatic carbocycles. The largest absolute Gasteiger partial charge is 0.546 e. The van der Waals surface area contributed by atoms with Crippen LogP contribution in [0.25, 0.3) is 0 Å². The monoisotopic (exact) mass is 687 g/mol. The van der Waals surface area contributed by atoms with E-state index in [1.807, 2.05) is 0 Å². The van der Waals surface area contributed by atoms with E-state index in [9.17, 15) is 29.3 Å². The zero-order valence-electron chi connectivity index (χ0n) is 27.3. The van der Waals surface area contributed by atoms with Gasteiger partial charge in [-0.3, -0.25) is 29.3 Å². The average Bonchev–Trinajstić information content (AvgIpc) is 3.40. The summed E-state index contributed by atoms with van der Waals surface area (Å²) in [5.74, 6) is -2.48. The van der Waals surface area contributed by atoms with Crippen LogP contribution in [0, 0.1) is 10.1 Å². The molecule has 7 atom stereocenters. The lowest BCUT2D eigenvalue weighted by atomic mass is 9.98. The molecule has 3 rings (SSSR count).